The number of nitrogens with zero attached hydrogens (tertiary/aromatic N) is 2. The molecule has 0 atom stereocenters. The van der Waals surface area contributed by atoms with Gasteiger partial charge in [-0.25, -0.2) is 0 Å². The monoisotopic (exact) mass is 578 g/mol. The van der Waals surface area contributed by atoms with Crippen LogP contribution < -0.4 is 9.96 Å². The van der Waals surface area contributed by atoms with Gasteiger partial charge in [0.25, 0.3) is 0 Å². The highest BCUT2D eigenvalue weighted by atomic mass is 16.7. The third-order valence-electron chi connectivity index (χ3n) is 9.31. The summed E-state index contributed by atoms with van der Waals surface area (Å²) in [6.45, 7) is 0.451. The molecular weight excluding hydrogens is 548 g/mol. The van der Waals surface area contributed by atoms with Gasteiger partial charge >= 0.3 is 0 Å². The van der Waals surface area contributed by atoms with Crippen molar-refractivity contribution in [3.05, 3.63) is 152 Å². The van der Waals surface area contributed by atoms with E-state index in [0.29, 0.717) is 6.73 Å². The zero-order chi connectivity index (χ0) is 29.9. The minimum absolute atomic E-state index is 0.451. The van der Waals surface area contributed by atoms with Gasteiger partial charge in [0.05, 0.1) is 11.4 Å². The first-order valence-electron chi connectivity index (χ1n) is 15.4. The van der Waals surface area contributed by atoms with Crippen LogP contribution in [0.2, 0.25) is 0 Å². The van der Waals surface area contributed by atoms with Gasteiger partial charge in [0.15, 0.2) is 6.73 Å². The summed E-state index contributed by atoms with van der Waals surface area (Å²) in [6.07, 6.45) is 0. The van der Waals surface area contributed by atoms with Crippen LogP contribution in [0.25, 0.3) is 65.3 Å². The van der Waals surface area contributed by atoms with E-state index in [9.17, 15) is 0 Å². The Hall–Kier alpha value is -5.64. The highest BCUT2D eigenvalue weighted by molar-refractivity contribution is 6.25. The first-order valence-corrected chi connectivity index (χ1v) is 15.4. The molecule has 0 radical (unpaired) electrons. The van der Waals surface area contributed by atoms with Gasteiger partial charge in [-0.05, 0) is 95.7 Å². The molecule has 8 aromatic carbocycles. The third kappa shape index (κ3) is 4.02. The van der Waals surface area contributed by atoms with Crippen molar-refractivity contribution in [3.63, 3.8) is 0 Å². The molecule has 0 unspecified atom stereocenters. The SMILES string of the molecule is CN1OCN(c2ccccc2)c2cc(-c3c4ccccc4c(-c4cc5ccccc5c5ccccc45)c4ccccc34)ccc21. The number of para-hydroxylation sites is 1. The van der Waals surface area contributed by atoms with Crippen LogP contribution in [0.5, 0.6) is 0 Å². The maximum absolute atomic E-state index is 6.05. The Bertz CT molecular complexity index is 2360. The molecule has 3 heteroatoms. The fourth-order valence-corrected chi connectivity index (χ4v) is 7.26. The van der Waals surface area contributed by atoms with Crippen molar-refractivity contribution in [2.75, 3.05) is 23.7 Å². The van der Waals surface area contributed by atoms with Crippen LogP contribution in [-0.4, -0.2) is 13.8 Å². The maximum atomic E-state index is 6.05. The summed E-state index contributed by atoms with van der Waals surface area (Å²) < 4.78 is 0. The topological polar surface area (TPSA) is 15.7 Å². The number of hydrogen-bond acceptors (Lipinski definition) is 3. The van der Waals surface area contributed by atoms with E-state index in [0.717, 1.165) is 17.1 Å². The van der Waals surface area contributed by atoms with E-state index in [1.165, 1.54) is 65.3 Å². The van der Waals surface area contributed by atoms with E-state index in [4.69, 9.17) is 4.84 Å². The van der Waals surface area contributed by atoms with Crippen molar-refractivity contribution in [1.29, 1.82) is 0 Å². The molecule has 8 aromatic rings. The summed E-state index contributed by atoms with van der Waals surface area (Å²) in [7, 11) is 1.98. The summed E-state index contributed by atoms with van der Waals surface area (Å²) in [4.78, 5) is 8.30. The predicted molar refractivity (Wildman–Crippen MR) is 190 cm³/mol. The van der Waals surface area contributed by atoms with Crippen LogP contribution in [0.1, 0.15) is 0 Å². The minimum Gasteiger partial charge on any atom is -0.313 e. The van der Waals surface area contributed by atoms with E-state index in [2.05, 4.69) is 157 Å². The number of rotatable bonds is 3. The van der Waals surface area contributed by atoms with Crippen LogP contribution >= 0.6 is 0 Å². The lowest BCUT2D eigenvalue weighted by molar-refractivity contribution is 0.120. The van der Waals surface area contributed by atoms with E-state index in [-0.39, 0.29) is 0 Å². The Balaban J connectivity index is 1.36. The summed E-state index contributed by atoms with van der Waals surface area (Å²) in [5.74, 6) is 0. The summed E-state index contributed by atoms with van der Waals surface area (Å²) in [5.41, 5.74) is 8.27. The normalized spacial score (nSPS) is 13.2. The maximum Gasteiger partial charge on any atom is 0.151 e. The smallest absolute Gasteiger partial charge is 0.151 e. The number of hydrogen-bond donors (Lipinski definition) is 0. The van der Waals surface area contributed by atoms with Crippen LogP contribution in [0, 0.1) is 0 Å². The van der Waals surface area contributed by atoms with Gasteiger partial charge in [0.2, 0.25) is 0 Å². The molecule has 45 heavy (non-hydrogen) atoms. The van der Waals surface area contributed by atoms with E-state index in [1.54, 1.807) is 0 Å². The highest BCUT2D eigenvalue weighted by Gasteiger charge is 2.25. The average Bonchev–Trinajstić information content (AvgIpc) is 3.11. The first-order chi connectivity index (χ1) is 22.3. The average molecular weight is 579 g/mol. The molecule has 0 fully saturated rings. The van der Waals surface area contributed by atoms with Crippen LogP contribution in [0.4, 0.5) is 17.1 Å². The molecule has 0 saturated carbocycles. The van der Waals surface area contributed by atoms with Gasteiger partial charge in [0, 0.05) is 12.7 Å². The van der Waals surface area contributed by atoms with Gasteiger partial charge in [-0.15, -0.1) is 0 Å². The number of anilines is 3. The molecule has 0 amide bonds. The second-order valence-electron chi connectivity index (χ2n) is 11.8. The molecule has 0 bridgehead atoms. The molecule has 1 aliphatic rings. The standard InChI is InChI=1S/C42H30N2O/c1-43-39-24-23-29(26-40(39)44(27-45-43)30-14-3-2-4-15-30)41-34-19-9-11-21-36(34)42(37-22-12-10-20-35(37)41)38-25-28-13-5-6-16-31(28)32-17-7-8-18-33(32)38/h2-26H,27H2,1H3. The van der Waals surface area contributed by atoms with Crippen molar-refractivity contribution in [3.8, 4) is 22.3 Å². The Kier molecular flexibility index (Phi) is 5.87. The largest absolute Gasteiger partial charge is 0.313 e. The molecule has 9 rings (SSSR count). The van der Waals surface area contributed by atoms with Crippen molar-refractivity contribution >= 4 is 60.2 Å². The molecule has 1 heterocycles. The summed E-state index contributed by atoms with van der Waals surface area (Å²) >= 11 is 0. The Morgan fingerprint density at radius 2 is 1.02 bits per heavy atom. The fraction of sp³-hybridized carbons (Fsp3) is 0.0476. The number of benzene rings is 8. The highest BCUT2D eigenvalue weighted by Crippen LogP contribution is 2.48. The molecule has 214 valence electrons. The van der Waals surface area contributed by atoms with E-state index < -0.39 is 0 Å². The van der Waals surface area contributed by atoms with Gasteiger partial charge in [0.1, 0.15) is 0 Å². The van der Waals surface area contributed by atoms with Gasteiger partial charge < -0.3 is 4.90 Å². The van der Waals surface area contributed by atoms with Crippen molar-refractivity contribution in [1.82, 2.24) is 0 Å². The Labute approximate surface area is 262 Å². The molecule has 0 aliphatic carbocycles. The fourth-order valence-electron chi connectivity index (χ4n) is 7.26. The van der Waals surface area contributed by atoms with Gasteiger partial charge in [-0.2, -0.15) is 0 Å². The van der Waals surface area contributed by atoms with Gasteiger partial charge in [-0.3, -0.25) is 9.90 Å². The Morgan fingerprint density at radius 3 is 1.71 bits per heavy atom. The molecule has 1 aliphatic heterocycles. The number of fused-ring (bicyclic) bond motifs is 6. The lowest BCUT2D eigenvalue weighted by Gasteiger charge is -2.36. The second-order valence-corrected chi connectivity index (χ2v) is 11.8. The van der Waals surface area contributed by atoms with Crippen LogP contribution in [-0.2, 0) is 4.84 Å². The van der Waals surface area contributed by atoms with Crippen molar-refractivity contribution in [2.24, 2.45) is 0 Å². The summed E-state index contributed by atoms with van der Waals surface area (Å²) in [5, 5.41) is 12.0. The minimum atomic E-state index is 0.451. The van der Waals surface area contributed by atoms with Crippen molar-refractivity contribution in [2.45, 2.75) is 0 Å². The summed E-state index contributed by atoms with van der Waals surface area (Å²) in [6, 6.07) is 55.0. The van der Waals surface area contributed by atoms with Gasteiger partial charge in [-0.1, -0.05) is 121 Å². The molecular formula is C42H30N2O. The first kappa shape index (κ1) is 25.8. The molecule has 0 aromatic heterocycles. The number of hydroxylamine groups is 1. The Morgan fingerprint density at radius 1 is 0.467 bits per heavy atom. The van der Waals surface area contributed by atoms with E-state index in [1.807, 2.05) is 12.1 Å². The molecule has 3 nitrogen and oxygen atoms in total. The lowest BCUT2D eigenvalue weighted by Crippen LogP contribution is -2.34. The lowest BCUT2D eigenvalue weighted by atomic mass is 9.83. The van der Waals surface area contributed by atoms with Crippen LogP contribution in [0.3, 0.4) is 0 Å². The molecule has 0 saturated heterocycles. The zero-order valence-corrected chi connectivity index (χ0v) is 24.9. The molecule has 0 N–H and O–H groups in total. The third-order valence-corrected chi connectivity index (χ3v) is 9.31. The van der Waals surface area contributed by atoms with Crippen molar-refractivity contribution < 1.29 is 4.84 Å². The van der Waals surface area contributed by atoms with Crippen LogP contribution in [0.15, 0.2) is 152 Å². The second kappa shape index (κ2) is 10.2. The molecule has 0 spiro atoms. The van der Waals surface area contributed by atoms with E-state index >= 15 is 0 Å². The quantitative estimate of drug-likeness (QED) is 0.153. The zero-order valence-electron chi connectivity index (χ0n) is 24.9. The predicted octanol–water partition coefficient (Wildman–Crippen LogP) is 11.1.